The van der Waals surface area contributed by atoms with E-state index in [-0.39, 0.29) is 35.8 Å². The predicted octanol–water partition coefficient (Wildman–Crippen LogP) is 3.31. The van der Waals surface area contributed by atoms with E-state index in [1.807, 2.05) is 38.1 Å². The molecule has 1 aromatic heterocycles. The van der Waals surface area contributed by atoms with Crippen LogP contribution in [0.4, 0.5) is 5.69 Å². The quantitative estimate of drug-likeness (QED) is 0.366. The lowest BCUT2D eigenvalue weighted by Crippen LogP contribution is -2.40. The van der Waals surface area contributed by atoms with Gasteiger partial charge < -0.3 is 20.4 Å². The molecule has 1 amide bonds. The summed E-state index contributed by atoms with van der Waals surface area (Å²) in [6.45, 7) is 5.19. The molecule has 2 heterocycles. The number of benzene rings is 1. The van der Waals surface area contributed by atoms with Crippen LogP contribution in [-0.2, 0) is 11.3 Å². The van der Waals surface area contributed by atoms with Gasteiger partial charge in [0.2, 0.25) is 5.91 Å². The van der Waals surface area contributed by atoms with Crippen molar-refractivity contribution in [2.45, 2.75) is 32.7 Å². The van der Waals surface area contributed by atoms with Crippen LogP contribution < -0.4 is 16.0 Å². The molecule has 7 heteroatoms. The number of carbonyl (C=O) groups is 1. The Labute approximate surface area is 170 Å². The second-order valence-electron chi connectivity index (χ2n) is 6.28. The number of nitrogens with one attached hydrogen (secondary N) is 3. The second-order valence-corrected chi connectivity index (χ2v) is 6.28. The van der Waals surface area contributed by atoms with E-state index >= 15 is 0 Å². The van der Waals surface area contributed by atoms with Gasteiger partial charge in [0.25, 0.3) is 0 Å². The van der Waals surface area contributed by atoms with Crippen molar-refractivity contribution in [3.63, 3.8) is 0 Å². The van der Waals surface area contributed by atoms with Crippen LogP contribution in [0.25, 0.3) is 0 Å². The largest absolute Gasteiger partial charge is 0.466 e. The summed E-state index contributed by atoms with van der Waals surface area (Å²) in [6, 6.07) is 9.97. The molecule has 1 unspecified atom stereocenters. The Morgan fingerprint density at radius 1 is 1.31 bits per heavy atom. The molecule has 6 nitrogen and oxygen atoms in total. The number of fused-ring (bicyclic) bond motifs is 1. The SMILES string of the molecule is CN=C(NCc1cc(C)oc1C)NCC1CC(=O)Nc2ccccc21.I. The molecule has 0 radical (unpaired) electrons. The number of anilines is 1. The first-order valence-corrected chi connectivity index (χ1v) is 8.46. The Kier molecular flexibility index (Phi) is 7.07. The highest BCUT2D eigenvalue weighted by molar-refractivity contribution is 14.0. The number of furan rings is 1. The number of aliphatic imine (C=N–C) groups is 1. The zero-order chi connectivity index (χ0) is 17.8. The molecule has 0 saturated heterocycles. The smallest absolute Gasteiger partial charge is 0.225 e. The number of carbonyl (C=O) groups excluding carboxylic acids is 1. The number of nitrogens with zero attached hydrogens (tertiary/aromatic N) is 1. The Morgan fingerprint density at radius 2 is 2.08 bits per heavy atom. The molecule has 140 valence electrons. The number of amides is 1. The van der Waals surface area contributed by atoms with Crippen LogP contribution in [0, 0.1) is 13.8 Å². The number of halogens is 1. The summed E-state index contributed by atoms with van der Waals surface area (Å²) in [5, 5.41) is 9.54. The fourth-order valence-electron chi connectivity index (χ4n) is 3.16. The lowest BCUT2D eigenvalue weighted by molar-refractivity contribution is -0.116. The summed E-state index contributed by atoms with van der Waals surface area (Å²) in [7, 11) is 1.74. The van der Waals surface area contributed by atoms with E-state index in [1.54, 1.807) is 7.05 Å². The third-order valence-corrected chi connectivity index (χ3v) is 4.44. The van der Waals surface area contributed by atoms with Crippen LogP contribution in [0.15, 0.2) is 39.7 Å². The van der Waals surface area contributed by atoms with Gasteiger partial charge in [0.05, 0.1) is 0 Å². The molecule has 0 spiro atoms. The highest BCUT2D eigenvalue weighted by Crippen LogP contribution is 2.31. The van der Waals surface area contributed by atoms with Crippen LogP contribution in [0.1, 0.15) is 35.0 Å². The average Bonchev–Trinajstić information content (AvgIpc) is 2.92. The topological polar surface area (TPSA) is 78.7 Å². The molecule has 1 aromatic carbocycles. The molecule has 0 bridgehead atoms. The molecule has 3 rings (SSSR count). The Balaban J connectivity index is 0.00000243. The Hall–Kier alpha value is -2.03. The number of guanidine groups is 1. The summed E-state index contributed by atoms with van der Waals surface area (Å²) < 4.78 is 5.54. The molecule has 0 aliphatic carbocycles. The van der Waals surface area contributed by atoms with Gasteiger partial charge in [0, 0.05) is 43.7 Å². The van der Waals surface area contributed by atoms with Crippen molar-refractivity contribution in [1.29, 1.82) is 0 Å². The first kappa shape index (κ1) is 20.3. The molecular weight excluding hydrogens is 443 g/mol. The molecule has 3 N–H and O–H groups in total. The summed E-state index contributed by atoms with van der Waals surface area (Å²) in [4.78, 5) is 16.2. The number of aryl methyl sites for hydroxylation is 2. The average molecular weight is 468 g/mol. The van der Waals surface area contributed by atoms with Crippen molar-refractivity contribution in [2.24, 2.45) is 4.99 Å². The number of hydrogen-bond acceptors (Lipinski definition) is 3. The minimum absolute atomic E-state index is 0. The number of rotatable bonds is 4. The van der Waals surface area contributed by atoms with Crippen molar-refractivity contribution in [1.82, 2.24) is 10.6 Å². The third-order valence-electron chi connectivity index (χ3n) is 4.44. The van der Waals surface area contributed by atoms with E-state index in [0.29, 0.717) is 25.5 Å². The monoisotopic (exact) mass is 468 g/mol. The minimum atomic E-state index is 0. The third kappa shape index (κ3) is 4.78. The lowest BCUT2D eigenvalue weighted by Gasteiger charge is -2.26. The summed E-state index contributed by atoms with van der Waals surface area (Å²) in [5.41, 5.74) is 3.17. The van der Waals surface area contributed by atoms with Crippen LogP contribution in [-0.4, -0.2) is 25.5 Å². The van der Waals surface area contributed by atoms with Crippen LogP contribution in [0.5, 0.6) is 0 Å². The van der Waals surface area contributed by atoms with Crippen molar-refractivity contribution >= 4 is 41.5 Å². The standard InChI is InChI=1S/C19H24N4O2.HI/c1-12-8-14(13(2)25-12)10-21-19(20-3)22-11-15-9-18(24)23-17-7-5-4-6-16(15)17;/h4-8,15H,9-11H2,1-3H3,(H,23,24)(H2,20,21,22);1H. The van der Waals surface area contributed by atoms with E-state index in [0.717, 1.165) is 28.3 Å². The van der Waals surface area contributed by atoms with Gasteiger partial charge in [-0.25, -0.2) is 0 Å². The van der Waals surface area contributed by atoms with Gasteiger partial charge in [-0.3, -0.25) is 9.79 Å². The van der Waals surface area contributed by atoms with Gasteiger partial charge >= 0.3 is 0 Å². The number of hydrogen-bond donors (Lipinski definition) is 3. The summed E-state index contributed by atoms with van der Waals surface area (Å²) >= 11 is 0. The maximum absolute atomic E-state index is 11.9. The van der Waals surface area contributed by atoms with Crippen molar-refractivity contribution < 1.29 is 9.21 Å². The highest BCUT2D eigenvalue weighted by atomic mass is 127. The molecule has 26 heavy (non-hydrogen) atoms. The predicted molar refractivity (Wildman–Crippen MR) is 114 cm³/mol. The fourth-order valence-corrected chi connectivity index (χ4v) is 3.16. The van der Waals surface area contributed by atoms with E-state index in [9.17, 15) is 4.79 Å². The van der Waals surface area contributed by atoms with Gasteiger partial charge in [-0.15, -0.1) is 24.0 Å². The fraction of sp³-hybridized carbons (Fsp3) is 0.368. The van der Waals surface area contributed by atoms with E-state index in [1.165, 1.54) is 0 Å². The zero-order valence-electron chi connectivity index (χ0n) is 15.3. The van der Waals surface area contributed by atoms with Gasteiger partial charge in [0.15, 0.2) is 5.96 Å². The zero-order valence-corrected chi connectivity index (χ0v) is 17.6. The first-order chi connectivity index (χ1) is 12.1. The first-order valence-electron chi connectivity index (χ1n) is 8.46. The number of para-hydroxylation sites is 1. The van der Waals surface area contributed by atoms with Crippen molar-refractivity contribution in [3.05, 3.63) is 53.0 Å². The molecule has 1 aliphatic rings. The van der Waals surface area contributed by atoms with Gasteiger partial charge in [0.1, 0.15) is 11.5 Å². The molecule has 1 aliphatic heterocycles. The highest BCUT2D eigenvalue weighted by Gasteiger charge is 2.24. The van der Waals surface area contributed by atoms with Gasteiger partial charge in [-0.1, -0.05) is 18.2 Å². The maximum Gasteiger partial charge on any atom is 0.225 e. The summed E-state index contributed by atoms with van der Waals surface area (Å²) in [6.07, 6.45) is 0.473. The van der Waals surface area contributed by atoms with Crippen molar-refractivity contribution in [3.8, 4) is 0 Å². The second kappa shape index (κ2) is 9.07. The van der Waals surface area contributed by atoms with E-state index < -0.39 is 0 Å². The Bertz CT molecular complexity index is 801. The molecule has 0 fully saturated rings. The maximum atomic E-state index is 11.9. The molecule has 2 aromatic rings. The normalized spacial score (nSPS) is 16.3. The van der Waals surface area contributed by atoms with Crippen LogP contribution >= 0.6 is 24.0 Å². The molecule has 0 saturated carbocycles. The van der Waals surface area contributed by atoms with Crippen molar-refractivity contribution in [2.75, 3.05) is 18.9 Å². The molecule has 1 atom stereocenters. The Morgan fingerprint density at radius 3 is 2.77 bits per heavy atom. The van der Waals surface area contributed by atoms with E-state index in [2.05, 4.69) is 27.0 Å². The van der Waals surface area contributed by atoms with E-state index in [4.69, 9.17) is 4.42 Å². The minimum Gasteiger partial charge on any atom is -0.466 e. The lowest BCUT2D eigenvalue weighted by atomic mass is 9.90. The van der Waals surface area contributed by atoms with Crippen LogP contribution in [0.3, 0.4) is 0 Å². The summed E-state index contributed by atoms with van der Waals surface area (Å²) in [5.74, 6) is 2.71. The van der Waals surface area contributed by atoms with Crippen LogP contribution in [0.2, 0.25) is 0 Å². The van der Waals surface area contributed by atoms with Gasteiger partial charge in [-0.2, -0.15) is 0 Å². The van der Waals surface area contributed by atoms with Gasteiger partial charge in [-0.05, 0) is 31.5 Å². The molecular formula is C19H25IN4O2.